The molecule has 0 aliphatic carbocycles. The molecule has 1 aliphatic rings. The van der Waals surface area contributed by atoms with Gasteiger partial charge in [-0.1, -0.05) is 6.08 Å². The van der Waals surface area contributed by atoms with Gasteiger partial charge >= 0.3 is 0 Å². The minimum absolute atomic E-state index is 0.0168. The standard InChI is InChI=1S/C8H15FN2/c1-7(10)5-11-4-2-3-8(9)6-11/h3,7H,2,4-6,10H2,1H3. The molecule has 0 aromatic carbocycles. The second-order valence-corrected chi connectivity index (χ2v) is 3.15. The second kappa shape index (κ2) is 3.83. The largest absolute Gasteiger partial charge is 0.327 e. The molecule has 1 rings (SSSR count). The number of nitrogens with zero attached hydrogens (tertiary/aromatic N) is 1. The third-order valence-electron chi connectivity index (χ3n) is 1.73. The van der Waals surface area contributed by atoms with Crippen LogP contribution in [0, 0.1) is 0 Å². The van der Waals surface area contributed by atoms with Gasteiger partial charge in [-0.2, -0.15) is 0 Å². The summed E-state index contributed by atoms with van der Waals surface area (Å²) in [4.78, 5) is 2.04. The summed E-state index contributed by atoms with van der Waals surface area (Å²) in [6.07, 6.45) is 2.47. The first-order valence-electron chi connectivity index (χ1n) is 4.01. The summed E-state index contributed by atoms with van der Waals surface area (Å²) >= 11 is 0. The van der Waals surface area contributed by atoms with Gasteiger partial charge in [-0.15, -0.1) is 0 Å². The molecule has 0 aromatic rings. The Morgan fingerprint density at radius 3 is 3.09 bits per heavy atom. The molecule has 1 aliphatic heterocycles. The number of hydrogen-bond acceptors (Lipinski definition) is 2. The van der Waals surface area contributed by atoms with Crippen LogP contribution >= 0.6 is 0 Å². The van der Waals surface area contributed by atoms with Crippen LogP contribution in [0.1, 0.15) is 13.3 Å². The van der Waals surface area contributed by atoms with Gasteiger partial charge in [-0.25, -0.2) is 4.39 Å². The fraction of sp³-hybridized carbons (Fsp3) is 0.750. The highest BCUT2D eigenvalue weighted by Gasteiger charge is 2.12. The third-order valence-corrected chi connectivity index (χ3v) is 1.73. The third kappa shape index (κ3) is 2.99. The molecular formula is C8H15FN2. The molecule has 0 amide bonds. The van der Waals surface area contributed by atoms with Crippen molar-refractivity contribution in [2.45, 2.75) is 19.4 Å². The van der Waals surface area contributed by atoms with Crippen molar-refractivity contribution in [3.8, 4) is 0 Å². The monoisotopic (exact) mass is 158 g/mol. The van der Waals surface area contributed by atoms with E-state index >= 15 is 0 Å². The predicted molar refractivity (Wildman–Crippen MR) is 43.9 cm³/mol. The van der Waals surface area contributed by atoms with Crippen LogP contribution < -0.4 is 5.73 Å². The first-order chi connectivity index (χ1) is 5.18. The molecule has 0 fully saturated rings. The summed E-state index contributed by atoms with van der Waals surface area (Å²) in [5, 5.41) is 0. The van der Waals surface area contributed by atoms with Crippen molar-refractivity contribution >= 4 is 0 Å². The Bertz CT molecular complexity index is 154. The van der Waals surface area contributed by atoms with Crippen LogP contribution in [-0.2, 0) is 0 Å². The van der Waals surface area contributed by atoms with E-state index in [2.05, 4.69) is 0 Å². The molecule has 11 heavy (non-hydrogen) atoms. The van der Waals surface area contributed by atoms with Crippen LogP contribution in [0.15, 0.2) is 11.9 Å². The van der Waals surface area contributed by atoms with E-state index in [4.69, 9.17) is 5.73 Å². The van der Waals surface area contributed by atoms with Crippen molar-refractivity contribution in [3.63, 3.8) is 0 Å². The molecule has 2 nitrogen and oxygen atoms in total. The van der Waals surface area contributed by atoms with Gasteiger partial charge in [0.1, 0.15) is 5.83 Å². The Morgan fingerprint density at radius 1 is 1.82 bits per heavy atom. The second-order valence-electron chi connectivity index (χ2n) is 3.15. The van der Waals surface area contributed by atoms with Gasteiger partial charge in [0.15, 0.2) is 0 Å². The van der Waals surface area contributed by atoms with Crippen LogP contribution in [0.4, 0.5) is 4.39 Å². The number of hydrogen-bond donors (Lipinski definition) is 1. The lowest BCUT2D eigenvalue weighted by Gasteiger charge is -2.25. The average Bonchev–Trinajstić information content (AvgIpc) is 1.85. The summed E-state index contributed by atoms with van der Waals surface area (Å²) in [5.41, 5.74) is 5.59. The fourth-order valence-electron chi connectivity index (χ4n) is 1.32. The van der Waals surface area contributed by atoms with E-state index in [9.17, 15) is 4.39 Å². The summed E-state index contributed by atoms with van der Waals surface area (Å²) in [7, 11) is 0. The van der Waals surface area contributed by atoms with Crippen LogP contribution in [-0.4, -0.2) is 30.6 Å². The van der Waals surface area contributed by atoms with Crippen LogP contribution in [0.5, 0.6) is 0 Å². The van der Waals surface area contributed by atoms with Gasteiger partial charge in [0.25, 0.3) is 0 Å². The van der Waals surface area contributed by atoms with Crippen molar-refractivity contribution in [1.29, 1.82) is 0 Å². The predicted octanol–water partition coefficient (Wildman–Crippen LogP) is 0.893. The minimum Gasteiger partial charge on any atom is -0.327 e. The van der Waals surface area contributed by atoms with Crippen LogP contribution in [0.25, 0.3) is 0 Å². The molecule has 0 radical (unpaired) electrons. The van der Waals surface area contributed by atoms with E-state index in [1.54, 1.807) is 6.08 Å². The van der Waals surface area contributed by atoms with Crippen molar-refractivity contribution in [3.05, 3.63) is 11.9 Å². The highest BCUT2D eigenvalue weighted by Crippen LogP contribution is 2.09. The van der Waals surface area contributed by atoms with E-state index in [1.807, 2.05) is 11.8 Å². The molecule has 1 unspecified atom stereocenters. The van der Waals surface area contributed by atoms with Gasteiger partial charge in [-0.05, 0) is 13.3 Å². The maximum Gasteiger partial charge on any atom is 0.110 e. The topological polar surface area (TPSA) is 29.3 Å². The first kappa shape index (κ1) is 8.68. The number of rotatable bonds is 2. The first-order valence-corrected chi connectivity index (χ1v) is 4.01. The molecule has 2 N–H and O–H groups in total. The van der Waals surface area contributed by atoms with Gasteiger partial charge in [-0.3, -0.25) is 4.90 Å². The summed E-state index contributed by atoms with van der Waals surface area (Å²) in [5.74, 6) is -0.0168. The van der Waals surface area contributed by atoms with Gasteiger partial charge in [0.05, 0.1) is 0 Å². The van der Waals surface area contributed by atoms with E-state index in [0.29, 0.717) is 6.54 Å². The van der Waals surface area contributed by atoms with E-state index in [-0.39, 0.29) is 11.9 Å². The van der Waals surface area contributed by atoms with Gasteiger partial charge in [0.2, 0.25) is 0 Å². The maximum absolute atomic E-state index is 12.7. The van der Waals surface area contributed by atoms with Gasteiger partial charge < -0.3 is 5.73 Å². The number of nitrogens with two attached hydrogens (primary N) is 1. The van der Waals surface area contributed by atoms with Crippen molar-refractivity contribution in [1.82, 2.24) is 4.90 Å². The molecule has 3 heteroatoms. The molecule has 0 saturated heterocycles. The van der Waals surface area contributed by atoms with Crippen molar-refractivity contribution < 1.29 is 4.39 Å². The van der Waals surface area contributed by atoms with Crippen LogP contribution in [0.2, 0.25) is 0 Å². The lowest BCUT2D eigenvalue weighted by Crippen LogP contribution is -2.38. The fourth-order valence-corrected chi connectivity index (χ4v) is 1.32. The Labute approximate surface area is 66.9 Å². The Kier molecular flexibility index (Phi) is 3.02. The molecular weight excluding hydrogens is 143 g/mol. The van der Waals surface area contributed by atoms with E-state index < -0.39 is 0 Å². The van der Waals surface area contributed by atoms with Crippen molar-refractivity contribution in [2.75, 3.05) is 19.6 Å². The normalized spacial score (nSPS) is 23.0. The lowest BCUT2D eigenvalue weighted by atomic mass is 10.2. The molecule has 0 saturated carbocycles. The highest BCUT2D eigenvalue weighted by atomic mass is 19.1. The number of halogens is 1. The molecule has 64 valence electrons. The highest BCUT2D eigenvalue weighted by molar-refractivity contribution is 4.99. The average molecular weight is 158 g/mol. The zero-order valence-corrected chi connectivity index (χ0v) is 6.89. The zero-order valence-electron chi connectivity index (χ0n) is 6.89. The smallest absolute Gasteiger partial charge is 0.110 e. The lowest BCUT2D eigenvalue weighted by molar-refractivity contribution is 0.256. The maximum atomic E-state index is 12.7. The Hall–Kier alpha value is -0.410. The van der Waals surface area contributed by atoms with Gasteiger partial charge in [0, 0.05) is 25.7 Å². The summed E-state index contributed by atoms with van der Waals surface area (Å²) < 4.78 is 12.7. The van der Waals surface area contributed by atoms with E-state index in [0.717, 1.165) is 19.5 Å². The molecule has 1 heterocycles. The summed E-state index contributed by atoms with van der Waals surface area (Å²) in [6, 6.07) is 0.140. The van der Waals surface area contributed by atoms with Crippen LogP contribution in [0.3, 0.4) is 0 Å². The van der Waals surface area contributed by atoms with Crippen molar-refractivity contribution in [2.24, 2.45) is 5.73 Å². The molecule has 0 bridgehead atoms. The Balaban J connectivity index is 2.32. The minimum atomic E-state index is -0.0168. The quantitative estimate of drug-likeness (QED) is 0.646. The Morgan fingerprint density at radius 2 is 2.55 bits per heavy atom. The zero-order chi connectivity index (χ0) is 8.27. The summed E-state index contributed by atoms with van der Waals surface area (Å²) in [6.45, 7) is 4.12. The SMILES string of the molecule is CC(N)CN1CCC=C(F)C1. The van der Waals surface area contributed by atoms with E-state index in [1.165, 1.54) is 0 Å². The molecule has 1 atom stereocenters. The molecule has 0 aromatic heterocycles. The molecule has 0 spiro atoms.